The second-order valence-electron chi connectivity index (χ2n) is 5.65. The van der Waals surface area contributed by atoms with Gasteiger partial charge in [0.1, 0.15) is 6.10 Å². The maximum atomic E-state index is 11.7. The Balaban J connectivity index is 2.04. The second kappa shape index (κ2) is 4.92. The van der Waals surface area contributed by atoms with Crippen molar-refractivity contribution in [2.45, 2.75) is 45.3 Å². The number of aryl methyl sites for hydroxylation is 1. The molecule has 1 aliphatic carbocycles. The minimum absolute atomic E-state index is 0.115. The Labute approximate surface area is 116 Å². The third kappa shape index (κ3) is 3.25. The predicted molar refractivity (Wildman–Crippen MR) is 74.6 cm³/mol. The van der Waals surface area contributed by atoms with Gasteiger partial charge in [-0.2, -0.15) is 0 Å². The lowest BCUT2D eigenvalue weighted by molar-refractivity contribution is 0.0918. The van der Waals surface area contributed by atoms with Gasteiger partial charge in [-0.15, -0.1) is 0 Å². The van der Waals surface area contributed by atoms with Crippen LogP contribution in [0.3, 0.4) is 0 Å². The highest BCUT2D eigenvalue weighted by Crippen LogP contribution is 2.35. The summed E-state index contributed by atoms with van der Waals surface area (Å²) < 4.78 is 6.56. The van der Waals surface area contributed by atoms with Gasteiger partial charge in [-0.25, -0.2) is 4.79 Å². The van der Waals surface area contributed by atoms with Crippen molar-refractivity contribution in [3.05, 3.63) is 33.8 Å². The maximum absolute atomic E-state index is 11.7. The Morgan fingerprint density at radius 1 is 1.44 bits per heavy atom. The molecule has 0 unspecified atom stereocenters. The molecule has 0 aromatic heterocycles. The van der Waals surface area contributed by atoms with E-state index < -0.39 is 0 Å². The quantitative estimate of drug-likeness (QED) is 0.852. The highest BCUT2D eigenvalue weighted by Gasteiger charge is 2.27. The summed E-state index contributed by atoms with van der Waals surface area (Å²) in [5.41, 5.74) is 2.12. The number of amides is 1. The van der Waals surface area contributed by atoms with Gasteiger partial charge in [0.05, 0.1) is 0 Å². The van der Waals surface area contributed by atoms with Gasteiger partial charge < -0.3 is 10.1 Å². The van der Waals surface area contributed by atoms with Gasteiger partial charge in [0.2, 0.25) is 0 Å². The second-order valence-corrected chi connectivity index (χ2v) is 6.57. The molecule has 4 heteroatoms. The Kier molecular flexibility index (Phi) is 3.66. The molecular weight excluding hydrogens is 294 g/mol. The van der Waals surface area contributed by atoms with Crippen molar-refractivity contribution >= 4 is 22.0 Å². The summed E-state index contributed by atoms with van der Waals surface area (Å²) in [6.45, 7) is 5.82. The molecule has 1 aromatic carbocycles. The fourth-order valence-electron chi connectivity index (χ4n) is 2.13. The third-order valence-corrected chi connectivity index (χ3v) is 3.35. The molecule has 0 heterocycles. The molecule has 18 heavy (non-hydrogen) atoms. The van der Waals surface area contributed by atoms with Gasteiger partial charge >= 0.3 is 6.09 Å². The zero-order chi connectivity index (χ0) is 13.3. The van der Waals surface area contributed by atoms with Crippen LogP contribution in [-0.4, -0.2) is 11.6 Å². The van der Waals surface area contributed by atoms with Crippen LogP contribution in [0.4, 0.5) is 4.79 Å². The first-order valence-corrected chi connectivity index (χ1v) is 6.91. The van der Waals surface area contributed by atoms with Crippen molar-refractivity contribution in [1.82, 2.24) is 5.32 Å². The van der Waals surface area contributed by atoms with Crippen LogP contribution in [-0.2, 0) is 11.2 Å². The number of fused-ring (bicyclic) bond motifs is 1. The molecule has 0 saturated heterocycles. The molecule has 1 aromatic rings. The summed E-state index contributed by atoms with van der Waals surface area (Å²) in [4.78, 5) is 11.7. The Morgan fingerprint density at radius 2 is 2.17 bits per heavy atom. The molecule has 0 aliphatic heterocycles. The van der Waals surface area contributed by atoms with E-state index in [1.807, 2.05) is 32.9 Å². The highest BCUT2D eigenvalue weighted by molar-refractivity contribution is 9.10. The molecule has 2 rings (SSSR count). The number of nitrogens with one attached hydrogen (secondary N) is 1. The number of ether oxygens (including phenoxy) is 1. The maximum Gasteiger partial charge on any atom is 0.408 e. The number of rotatable bonds is 1. The molecule has 1 aliphatic rings. The van der Waals surface area contributed by atoms with Crippen LogP contribution in [0.5, 0.6) is 0 Å². The normalized spacial score (nSPS) is 18.3. The number of carbonyl (C=O) groups excluding carboxylic acids is 1. The zero-order valence-electron chi connectivity index (χ0n) is 10.9. The van der Waals surface area contributed by atoms with E-state index in [0.717, 1.165) is 22.9 Å². The summed E-state index contributed by atoms with van der Waals surface area (Å²) in [7, 11) is 0. The molecule has 0 radical (unpaired) electrons. The van der Waals surface area contributed by atoms with E-state index in [1.165, 1.54) is 5.56 Å². The number of hydrogen-bond donors (Lipinski definition) is 1. The average molecular weight is 312 g/mol. The molecule has 98 valence electrons. The smallest absolute Gasteiger partial charge is 0.408 e. The fourth-order valence-corrected chi connectivity index (χ4v) is 2.54. The molecule has 0 bridgehead atoms. The van der Waals surface area contributed by atoms with Gasteiger partial charge in [0.25, 0.3) is 0 Å². The van der Waals surface area contributed by atoms with Crippen LogP contribution in [0.1, 0.15) is 44.4 Å². The lowest BCUT2D eigenvalue weighted by atomic mass is 10.1. The number of benzene rings is 1. The van der Waals surface area contributed by atoms with Crippen molar-refractivity contribution in [1.29, 1.82) is 0 Å². The summed E-state index contributed by atoms with van der Waals surface area (Å²) in [6.07, 6.45) is 1.37. The lowest BCUT2D eigenvalue weighted by Crippen LogP contribution is -2.41. The monoisotopic (exact) mass is 311 g/mol. The lowest BCUT2D eigenvalue weighted by Gasteiger charge is -2.22. The first-order chi connectivity index (χ1) is 8.35. The topological polar surface area (TPSA) is 38.3 Å². The molecule has 0 saturated carbocycles. The van der Waals surface area contributed by atoms with Gasteiger partial charge in [-0.1, -0.05) is 22.0 Å². The molecule has 1 amide bonds. The van der Waals surface area contributed by atoms with Gasteiger partial charge in [-0.3, -0.25) is 0 Å². The Bertz CT molecular complexity index is 465. The van der Waals surface area contributed by atoms with Crippen LogP contribution in [0, 0.1) is 0 Å². The summed E-state index contributed by atoms with van der Waals surface area (Å²) in [6, 6.07) is 6.12. The van der Waals surface area contributed by atoms with Crippen LogP contribution < -0.4 is 5.32 Å². The summed E-state index contributed by atoms with van der Waals surface area (Å²) in [5.74, 6) is 0. The molecule has 0 fully saturated rings. The van der Waals surface area contributed by atoms with E-state index in [2.05, 4.69) is 27.3 Å². The molecule has 0 spiro atoms. The van der Waals surface area contributed by atoms with Crippen molar-refractivity contribution in [2.75, 3.05) is 0 Å². The SMILES string of the molecule is CC(C)(C)NC(=O)O[C@H]1CCc2cc(Br)ccc21. The number of halogens is 1. The van der Waals surface area contributed by atoms with E-state index in [4.69, 9.17) is 4.74 Å². The standard InChI is InChI=1S/C14H18BrNO2/c1-14(2,3)16-13(17)18-12-7-4-9-8-10(15)5-6-11(9)12/h5-6,8,12H,4,7H2,1-3H3,(H,16,17)/t12-/m0/s1. The van der Waals surface area contributed by atoms with Crippen molar-refractivity contribution in [3.63, 3.8) is 0 Å². The molecule has 1 atom stereocenters. The summed E-state index contributed by atoms with van der Waals surface area (Å²) in [5, 5.41) is 2.82. The van der Waals surface area contributed by atoms with E-state index >= 15 is 0 Å². The largest absolute Gasteiger partial charge is 0.441 e. The van der Waals surface area contributed by atoms with E-state index in [9.17, 15) is 4.79 Å². The van der Waals surface area contributed by atoms with Crippen LogP contribution in [0.25, 0.3) is 0 Å². The Morgan fingerprint density at radius 3 is 2.83 bits per heavy atom. The van der Waals surface area contributed by atoms with Gasteiger partial charge in [0, 0.05) is 10.0 Å². The van der Waals surface area contributed by atoms with Crippen molar-refractivity contribution in [2.24, 2.45) is 0 Å². The molecular formula is C14H18BrNO2. The van der Waals surface area contributed by atoms with E-state index in [1.54, 1.807) is 0 Å². The fraction of sp³-hybridized carbons (Fsp3) is 0.500. The number of hydrogen-bond acceptors (Lipinski definition) is 2. The first kappa shape index (κ1) is 13.4. The first-order valence-electron chi connectivity index (χ1n) is 6.12. The van der Waals surface area contributed by atoms with Crippen LogP contribution in [0.2, 0.25) is 0 Å². The Hall–Kier alpha value is -1.03. The zero-order valence-corrected chi connectivity index (χ0v) is 12.5. The van der Waals surface area contributed by atoms with E-state index in [-0.39, 0.29) is 17.7 Å². The van der Waals surface area contributed by atoms with Crippen LogP contribution in [0.15, 0.2) is 22.7 Å². The van der Waals surface area contributed by atoms with Gasteiger partial charge in [0.15, 0.2) is 0 Å². The summed E-state index contributed by atoms with van der Waals surface area (Å²) >= 11 is 3.46. The third-order valence-electron chi connectivity index (χ3n) is 2.85. The number of carbonyl (C=O) groups is 1. The van der Waals surface area contributed by atoms with Gasteiger partial charge in [-0.05, 0) is 56.9 Å². The van der Waals surface area contributed by atoms with Crippen molar-refractivity contribution in [3.8, 4) is 0 Å². The minimum Gasteiger partial charge on any atom is -0.441 e. The highest BCUT2D eigenvalue weighted by atomic mass is 79.9. The number of alkyl carbamates (subject to hydrolysis) is 1. The van der Waals surface area contributed by atoms with Crippen molar-refractivity contribution < 1.29 is 9.53 Å². The minimum atomic E-state index is -0.344. The average Bonchev–Trinajstić information content (AvgIpc) is 2.57. The predicted octanol–water partition coefficient (Wildman–Crippen LogP) is 3.96. The molecule has 3 nitrogen and oxygen atoms in total. The van der Waals surface area contributed by atoms with E-state index in [0.29, 0.717) is 0 Å². The molecule has 1 N–H and O–H groups in total. The van der Waals surface area contributed by atoms with Crippen LogP contribution >= 0.6 is 15.9 Å².